The molecular weight excluding hydrogens is 316 g/mol. The van der Waals surface area contributed by atoms with Crippen LogP contribution in [-0.4, -0.2) is 60.0 Å². The number of nitrogens with zero attached hydrogens (tertiary/aromatic N) is 4. The smallest absolute Gasteiger partial charge is 0.225 e. The highest BCUT2D eigenvalue weighted by molar-refractivity contribution is 5.32. The maximum atomic E-state index is 5.80. The Morgan fingerprint density at radius 2 is 1.76 bits per heavy atom. The number of anilines is 1. The van der Waals surface area contributed by atoms with Gasteiger partial charge >= 0.3 is 0 Å². The highest BCUT2D eigenvalue weighted by Gasteiger charge is 2.33. The number of aryl methyl sites for hydroxylation is 1. The van der Waals surface area contributed by atoms with Crippen molar-refractivity contribution >= 4 is 5.95 Å². The van der Waals surface area contributed by atoms with Gasteiger partial charge in [-0.1, -0.05) is 6.42 Å². The average Bonchev–Trinajstić information content (AvgIpc) is 3.17. The molecule has 0 radical (unpaired) electrons. The molecular formula is C19H30N4O2. The molecule has 4 rings (SSSR count). The van der Waals surface area contributed by atoms with Crippen LogP contribution in [0.4, 0.5) is 5.95 Å². The molecule has 0 amide bonds. The van der Waals surface area contributed by atoms with Gasteiger partial charge in [0, 0.05) is 25.3 Å². The summed E-state index contributed by atoms with van der Waals surface area (Å²) in [6.07, 6.45) is 7.40. The van der Waals surface area contributed by atoms with Crippen LogP contribution in [0.15, 0.2) is 6.07 Å². The third-order valence-electron chi connectivity index (χ3n) is 5.53. The van der Waals surface area contributed by atoms with Gasteiger partial charge in [-0.2, -0.15) is 0 Å². The summed E-state index contributed by atoms with van der Waals surface area (Å²) in [6.45, 7) is 7.64. The summed E-state index contributed by atoms with van der Waals surface area (Å²) in [4.78, 5) is 14.4. The van der Waals surface area contributed by atoms with Crippen LogP contribution < -0.4 is 4.90 Å². The SMILES string of the molecule is Cc1cc(CN2CCCC[C@H]2C2OCCO2)nc(N2CCCCC2)n1. The van der Waals surface area contributed by atoms with Crippen LogP contribution in [0.1, 0.15) is 49.9 Å². The topological polar surface area (TPSA) is 50.7 Å². The summed E-state index contributed by atoms with van der Waals surface area (Å²) in [5.41, 5.74) is 2.19. The molecule has 1 aromatic rings. The minimum absolute atomic E-state index is 0.0650. The first-order chi connectivity index (χ1) is 12.3. The van der Waals surface area contributed by atoms with Crippen LogP contribution in [0.5, 0.6) is 0 Å². The van der Waals surface area contributed by atoms with Crippen molar-refractivity contribution in [3.05, 3.63) is 17.5 Å². The lowest BCUT2D eigenvalue weighted by atomic mass is 10.0. The van der Waals surface area contributed by atoms with Crippen LogP contribution in [-0.2, 0) is 16.0 Å². The van der Waals surface area contributed by atoms with E-state index in [2.05, 4.69) is 22.8 Å². The molecule has 6 nitrogen and oxygen atoms in total. The number of rotatable bonds is 4. The summed E-state index contributed by atoms with van der Waals surface area (Å²) >= 11 is 0. The molecule has 0 spiro atoms. The predicted octanol–water partition coefficient (Wildman–Crippen LogP) is 2.50. The first-order valence-corrected chi connectivity index (χ1v) is 9.86. The van der Waals surface area contributed by atoms with Crippen LogP contribution in [0, 0.1) is 6.92 Å². The number of hydrogen-bond donors (Lipinski definition) is 0. The van der Waals surface area contributed by atoms with Gasteiger partial charge in [0.2, 0.25) is 5.95 Å². The lowest BCUT2D eigenvalue weighted by molar-refractivity contribution is -0.111. The van der Waals surface area contributed by atoms with Crippen molar-refractivity contribution in [2.24, 2.45) is 0 Å². The van der Waals surface area contributed by atoms with E-state index in [1.54, 1.807) is 0 Å². The molecule has 0 aliphatic carbocycles. The lowest BCUT2D eigenvalue weighted by Gasteiger charge is -2.37. The molecule has 3 aliphatic rings. The highest BCUT2D eigenvalue weighted by atomic mass is 16.7. The molecule has 6 heteroatoms. The number of ether oxygens (including phenoxy) is 2. The molecule has 0 unspecified atom stereocenters. The Morgan fingerprint density at radius 1 is 1.00 bits per heavy atom. The molecule has 0 aromatic carbocycles. The number of hydrogen-bond acceptors (Lipinski definition) is 6. The summed E-state index contributed by atoms with van der Waals surface area (Å²) in [6, 6.07) is 2.49. The zero-order valence-corrected chi connectivity index (χ0v) is 15.3. The van der Waals surface area contributed by atoms with Crippen molar-refractivity contribution in [3.8, 4) is 0 Å². The second-order valence-electron chi connectivity index (χ2n) is 7.49. The Kier molecular flexibility index (Phi) is 5.48. The van der Waals surface area contributed by atoms with E-state index in [-0.39, 0.29) is 6.29 Å². The van der Waals surface area contributed by atoms with E-state index >= 15 is 0 Å². The van der Waals surface area contributed by atoms with Gasteiger partial charge in [-0.25, -0.2) is 9.97 Å². The quantitative estimate of drug-likeness (QED) is 0.835. The summed E-state index contributed by atoms with van der Waals surface area (Å²) in [7, 11) is 0. The van der Waals surface area contributed by atoms with Gasteiger partial charge in [-0.15, -0.1) is 0 Å². The Balaban J connectivity index is 1.49. The molecule has 0 saturated carbocycles. The fourth-order valence-electron chi connectivity index (χ4n) is 4.26. The number of likely N-dealkylation sites (tertiary alicyclic amines) is 1. The minimum Gasteiger partial charge on any atom is -0.349 e. The van der Waals surface area contributed by atoms with Gasteiger partial charge in [0.15, 0.2) is 6.29 Å². The van der Waals surface area contributed by atoms with E-state index < -0.39 is 0 Å². The maximum absolute atomic E-state index is 5.80. The third-order valence-corrected chi connectivity index (χ3v) is 5.53. The van der Waals surface area contributed by atoms with E-state index in [0.717, 1.165) is 63.1 Å². The van der Waals surface area contributed by atoms with Crippen molar-refractivity contribution in [1.82, 2.24) is 14.9 Å². The van der Waals surface area contributed by atoms with Crippen molar-refractivity contribution in [2.75, 3.05) is 37.7 Å². The van der Waals surface area contributed by atoms with Crippen molar-refractivity contribution < 1.29 is 9.47 Å². The van der Waals surface area contributed by atoms with Crippen molar-refractivity contribution in [1.29, 1.82) is 0 Å². The van der Waals surface area contributed by atoms with Crippen LogP contribution in [0.25, 0.3) is 0 Å². The first-order valence-electron chi connectivity index (χ1n) is 9.86. The first kappa shape index (κ1) is 17.2. The van der Waals surface area contributed by atoms with Crippen LogP contribution >= 0.6 is 0 Å². The molecule has 138 valence electrons. The normalized spacial score (nSPS) is 26.3. The Morgan fingerprint density at radius 3 is 2.56 bits per heavy atom. The molecule has 3 aliphatic heterocycles. The number of aromatic nitrogens is 2. The second kappa shape index (κ2) is 7.98. The van der Waals surface area contributed by atoms with Gasteiger partial charge in [0.05, 0.1) is 24.9 Å². The maximum Gasteiger partial charge on any atom is 0.225 e. The fraction of sp³-hybridized carbons (Fsp3) is 0.789. The molecule has 4 heterocycles. The average molecular weight is 346 g/mol. The van der Waals surface area contributed by atoms with E-state index in [0.29, 0.717) is 6.04 Å². The lowest BCUT2D eigenvalue weighted by Crippen LogP contribution is -2.46. The second-order valence-corrected chi connectivity index (χ2v) is 7.49. The van der Waals surface area contributed by atoms with E-state index in [9.17, 15) is 0 Å². The summed E-state index contributed by atoms with van der Waals surface area (Å²) < 4.78 is 11.6. The molecule has 3 fully saturated rings. The molecule has 1 atom stereocenters. The van der Waals surface area contributed by atoms with E-state index in [1.807, 2.05) is 0 Å². The molecule has 0 bridgehead atoms. The summed E-state index contributed by atoms with van der Waals surface area (Å²) in [5, 5.41) is 0. The largest absolute Gasteiger partial charge is 0.349 e. The third kappa shape index (κ3) is 4.13. The Bertz CT molecular complexity index is 571. The van der Waals surface area contributed by atoms with Gasteiger partial charge in [0.25, 0.3) is 0 Å². The monoisotopic (exact) mass is 346 g/mol. The van der Waals surface area contributed by atoms with Crippen molar-refractivity contribution in [3.63, 3.8) is 0 Å². The highest BCUT2D eigenvalue weighted by Crippen LogP contribution is 2.26. The molecule has 3 saturated heterocycles. The van der Waals surface area contributed by atoms with Gasteiger partial charge in [-0.3, -0.25) is 4.90 Å². The van der Waals surface area contributed by atoms with Crippen LogP contribution in [0.3, 0.4) is 0 Å². The molecule has 0 N–H and O–H groups in total. The van der Waals surface area contributed by atoms with Gasteiger partial charge in [-0.05, 0) is 51.6 Å². The summed E-state index contributed by atoms with van der Waals surface area (Å²) in [5.74, 6) is 0.914. The fourth-order valence-corrected chi connectivity index (χ4v) is 4.26. The molecule has 25 heavy (non-hydrogen) atoms. The standard InChI is InChI=1S/C19H30N4O2/c1-15-13-16(21-19(20-15)22-8-4-2-5-9-22)14-23-10-6-3-7-17(23)18-24-11-12-25-18/h13,17-18H,2-12,14H2,1H3/t17-/m0/s1. The van der Waals surface area contributed by atoms with Gasteiger partial charge in [0.1, 0.15) is 0 Å². The zero-order valence-electron chi connectivity index (χ0n) is 15.3. The minimum atomic E-state index is -0.0650. The zero-order chi connectivity index (χ0) is 17.1. The van der Waals surface area contributed by atoms with Crippen molar-refractivity contribution in [2.45, 2.75) is 64.3 Å². The molecule has 1 aromatic heterocycles. The number of piperidine rings is 2. The Labute approximate surface area is 150 Å². The van der Waals surface area contributed by atoms with E-state index in [1.165, 1.54) is 32.1 Å². The van der Waals surface area contributed by atoms with E-state index in [4.69, 9.17) is 19.4 Å². The van der Waals surface area contributed by atoms with Crippen LogP contribution in [0.2, 0.25) is 0 Å². The van der Waals surface area contributed by atoms with Gasteiger partial charge < -0.3 is 14.4 Å². The Hall–Kier alpha value is -1.24. The predicted molar refractivity (Wildman–Crippen MR) is 96.6 cm³/mol.